The molecule has 1 N–H and O–H groups in total. The summed E-state index contributed by atoms with van der Waals surface area (Å²) in [5, 5.41) is 7.94. The molecule has 39 heavy (non-hydrogen) atoms. The first kappa shape index (κ1) is 27.1. The molecule has 1 amide bonds. The van der Waals surface area contributed by atoms with Gasteiger partial charge < -0.3 is 5.32 Å². The summed E-state index contributed by atoms with van der Waals surface area (Å²) in [6.45, 7) is 3.44. The highest BCUT2D eigenvalue weighted by atomic mass is 35.5. The van der Waals surface area contributed by atoms with Crippen molar-refractivity contribution >= 4 is 33.0 Å². The maximum absolute atomic E-state index is 13.5. The number of nitrogens with one attached hydrogen (secondary N) is 1. The summed E-state index contributed by atoms with van der Waals surface area (Å²) in [6, 6.07) is 11.7. The molecule has 0 radical (unpaired) electrons. The lowest BCUT2D eigenvalue weighted by molar-refractivity contribution is -0.137. The number of aromatic nitrogens is 3. The first-order valence-corrected chi connectivity index (χ1v) is 14.3. The van der Waals surface area contributed by atoms with Crippen LogP contribution in [0.5, 0.6) is 0 Å². The molecule has 204 valence electrons. The molecular weight excluding hydrogens is 553 g/mol. The van der Waals surface area contributed by atoms with Crippen LogP contribution >= 0.6 is 11.6 Å². The highest BCUT2D eigenvalue weighted by Gasteiger charge is 2.36. The second kappa shape index (κ2) is 9.63. The summed E-state index contributed by atoms with van der Waals surface area (Å²) >= 11 is 6.47. The lowest BCUT2D eigenvalue weighted by Gasteiger charge is -2.34. The van der Waals surface area contributed by atoms with Crippen LogP contribution in [0.3, 0.4) is 0 Å². The van der Waals surface area contributed by atoms with Crippen molar-refractivity contribution in [1.29, 1.82) is 0 Å². The van der Waals surface area contributed by atoms with Crippen LogP contribution in [-0.4, -0.2) is 46.0 Å². The molecule has 0 spiro atoms. The number of halogens is 4. The number of alkyl halides is 3. The van der Waals surface area contributed by atoms with Gasteiger partial charge in [0.05, 0.1) is 28.5 Å². The number of nitrogens with zero attached hydrogens (tertiary/aromatic N) is 3. The Kier molecular flexibility index (Phi) is 6.70. The fraction of sp³-hybridized carbons (Fsp3) is 0.296. The minimum atomic E-state index is -4.50. The number of sulfone groups is 1. The molecule has 1 fully saturated rings. The lowest BCUT2D eigenvalue weighted by Crippen LogP contribution is -2.51. The number of rotatable bonds is 4. The van der Waals surface area contributed by atoms with Crippen molar-refractivity contribution < 1.29 is 26.4 Å². The predicted molar refractivity (Wildman–Crippen MR) is 142 cm³/mol. The maximum atomic E-state index is 13.5. The zero-order valence-corrected chi connectivity index (χ0v) is 22.6. The van der Waals surface area contributed by atoms with Crippen molar-refractivity contribution in [3.63, 3.8) is 0 Å². The van der Waals surface area contributed by atoms with Gasteiger partial charge in [-0.05, 0) is 44.9 Å². The normalized spacial score (nSPS) is 16.8. The van der Waals surface area contributed by atoms with E-state index in [0.717, 1.165) is 12.1 Å². The standard InChI is InChI=1S/C27H24ClF3N4O3S/c1-16-22(25(36)33-26(2)11-13-39(37,38)14-12-26)24-32-15-20(19-5-3-4-6-21(19)28)23(35(24)34-16)17-7-9-18(10-8-17)27(29,30)31/h3-10,15H,11-14H2,1-2H3,(H,33,36). The summed E-state index contributed by atoms with van der Waals surface area (Å²) in [5.41, 5.74) is 1.20. The van der Waals surface area contributed by atoms with E-state index in [-0.39, 0.29) is 35.6 Å². The van der Waals surface area contributed by atoms with Crippen molar-refractivity contribution in [2.75, 3.05) is 11.5 Å². The number of aryl methyl sites for hydroxylation is 1. The Morgan fingerprint density at radius 2 is 1.69 bits per heavy atom. The Balaban J connectivity index is 1.65. The quantitative estimate of drug-likeness (QED) is 0.334. The van der Waals surface area contributed by atoms with E-state index < -0.39 is 33.0 Å². The molecule has 1 aliphatic heterocycles. The van der Waals surface area contributed by atoms with E-state index in [0.29, 0.717) is 33.1 Å². The van der Waals surface area contributed by atoms with Crippen LogP contribution < -0.4 is 5.32 Å². The fourth-order valence-corrected chi connectivity index (χ4v) is 6.74. The smallest absolute Gasteiger partial charge is 0.347 e. The Morgan fingerprint density at radius 3 is 2.31 bits per heavy atom. The highest BCUT2D eigenvalue weighted by molar-refractivity contribution is 7.91. The first-order chi connectivity index (χ1) is 18.3. The van der Waals surface area contributed by atoms with Crippen molar-refractivity contribution in [2.45, 2.75) is 38.4 Å². The van der Waals surface area contributed by atoms with Gasteiger partial charge in [-0.15, -0.1) is 0 Å². The summed E-state index contributed by atoms with van der Waals surface area (Å²) in [7, 11) is -3.13. The van der Waals surface area contributed by atoms with Gasteiger partial charge in [-0.3, -0.25) is 4.79 Å². The third-order valence-corrected chi connectivity index (χ3v) is 9.02. The van der Waals surface area contributed by atoms with Gasteiger partial charge in [0.15, 0.2) is 5.65 Å². The molecular formula is C27H24ClF3N4O3S. The number of hydrogen-bond acceptors (Lipinski definition) is 5. The second-order valence-electron chi connectivity index (χ2n) is 9.94. The minimum absolute atomic E-state index is 0.0188. The zero-order chi connectivity index (χ0) is 28.2. The molecule has 3 heterocycles. The van der Waals surface area contributed by atoms with Gasteiger partial charge in [0.25, 0.3) is 5.91 Å². The predicted octanol–water partition coefficient (Wildman–Crippen LogP) is 5.74. The third-order valence-electron chi connectivity index (χ3n) is 7.04. The number of carbonyl (C=O) groups excluding carboxylic acids is 1. The fourth-order valence-electron chi connectivity index (χ4n) is 4.78. The number of hydrogen-bond donors (Lipinski definition) is 1. The second-order valence-corrected chi connectivity index (χ2v) is 12.6. The van der Waals surface area contributed by atoms with E-state index in [9.17, 15) is 26.4 Å². The van der Waals surface area contributed by atoms with E-state index in [1.165, 1.54) is 22.8 Å². The molecule has 0 unspecified atom stereocenters. The van der Waals surface area contributed by atoms with Crippen LogP contribution in [0, 0.1) is 6.92 Å². The average molecular weight is 577 g/mol. The van der Waals surface area contributed by atoms with Crippen molar-refractivity contribution in [3.05, 3.63) is 76.6 Å². The molecule has 12 heteroatoms. The summed E-state index contributed by atoms with van der Waals surface area (Å²) in [5.74, 6) is -0.495. The molecule has 0 aliphatic carbocycles. The van der Waals surface area contributed by atoms with Gasteiger partial charge in [-0.1, -0.05) is 41.9 Å². The van der Waals surface area contributed by atoms with Crippen molar-refractivity contribution in [2.24, 2.45) is 0 Å². The zero-order valence-electron chi connectivity index (χ0n) is 21.0. The number of fused-ring (bicyclic) bond motifs is 1. The Hall–Kier alpha value is -3.44. The minimum Gasteiger partial charge on any atom is -0.347 e. The van der Waals surface area contributed by atoms with Gasteiger partial charge >= 0.3 is 6.18 Å². The lowest BCUT2D eigenvalue weighted by atomic mass is 9.94. The van der Waals surface area contributed by atoms with E-state index in [4.69, 9.17) is 11.6 Å². The van der Waals surface area contributed by atoms with Gasteiger partial charge in [0, 0.05) is 33.4 Å². The third kappa shape index (κ3) is 5.25. The summed E-state index contributed by atoms with van der Waals surface area (Å²) in [4.78, 5) is 18.0. The molecule has 2 aromatic carbocycles. The monoisotopic (exact) mass is 576 g/mol. The summed E-state index contributed by atoms with van der Waals surface area (Å²) < 4.78 is 65.0. The molecule has 0 saturated carbocycles. The molecule has 1 aliphatic rings. The number of carbonyl (C=O) groups is 1. The van der Waals surface area contributed by atoms with E-state index in [2.05, 4.69) is 15.4 Å². The van der Waals surface area contributed by atoms with Gasteiger partial charge in [0.2, 0.25) is 0 Å². The van der Waals surface area contributed by atoms with E-state index in [1.54, 1.807) is 38.1 Å². The highest BCUT2D eigenvalue weighted by Crippen LogP contribution is 2.38. The van der Waals surface area contributed by atoms with Crippen molar-refractivity contribution in [1.82, 2.24) is 19.9 Å². The molecule has 0 bridgehead atoms. The molecule has 5 rings (SSSR count). The van der Waals surface area contributed by atoms with Crippen LogP contribution in [0.2, 0.25) is 5.02 Å². The molecule has 4 aromatic rings. The SMILES string of the molecule is Cc1nn2c(-c3ccc(C(F)(F)F)cc3)c(-c3ccccc3Cl)cnc2c1C(=O)NC1(C)CCS(=O)(=O)CC1. The number of amides is 1. The van der Waals surface area contributed by atoms with Gasteiger partial charge in [-0.2, -0.15) is 18.3 Å². The molecule has 2 aromatic heterocycles. The first-order valence-electron chi connectivity index (χ1n) is 12.1. The molecule has 0 atom stereocenters. The van der Waals surface area contributed by atoms with E-state index >= 15 is 0 Å². The molecule has 7 nitrogen and oxygen atoms in total. The Morgan fingerprint density at radius 1 is 1.05 bits per heavy atom. The van der Waals surface area contributed by atoms with Crippen LogP contribution in [0.25, 0.3) is 28.0 Å². The Bertz CT molecular complexity index is 1690. The molecule has 1 saturated heterocycles. The van der Waals surface area contributed by atoms with Gasteiger partial charge in [-0.25, -0.2) is 17.9 Å². The summed E-state index contributed by atoms with van der Waals surface area (Å²) in [6.07, 6.45) is -2.42. The topological polar surface area (TPSA) is 93.4 Å². The maximum Gasteiger partial charge on any atom is 0.416 e. The van der Waals surface area contributed by atoms with Crippen molar-refractivity contribution in [3.8, 4) is 22.4 Å². The van der Waals surface area contributed by atoms with Crippen LogP contribution in [-0.2, 0) is 16.0 Å². The van der Waals surface area contributed by atoms with Gasteiger partial charge in [0.1, 0.15) is 15.4 Å². The van der Waals surface area contributed by atoms with Crippen LogP contribution in [0.4, 0.5) is 13.2 Å². The average Bonchev–Trinajstić information content (AvgIpc) is 3.21. The van der Waals surface area contributed by atoms with E-state index in [1.807, 2.05) is 0 Å². The number of benzene rings is 2. The van der Waals surface area contributed by atoms with Crippen LogP contribution in [0.15, 0.2) is 54.7 Å². The van der Waals surface area contributed by atoms with Crippen LogP contribution in [0.1, 0.15) is 41.4 Å². The Labute approximate surface area is 227 Å². The largest absolute Gasteiger partial charge is 0.416 e.